The van der Waals surface area contributed by atoms with Gasteiger partial charge in [-0.1, -0.05) is 29.3 Å². The van der Waals surface area contributed by atoms with Crippen molar-refractivity contribution in [2.24, 2.45) is 0 Å². The predicted molar refractivity (Wildman–Crippen MR) is 84.9 cm³/mol. The van der Waals surface area contributed by atoms with Gasteiger partial charge in [-0.25, -0.2) is 9.97 Å². The molecule has 0 spiro atoms. The largest absolute Gasteiger partial charge is 0.383 e. The number of benzene rings is 1. The topological polar surface area (TPSA) is 47.0 Å². The molecule has 1 aromatic heterocycles. The lowest BCUT2D eigenvalue weighted by molar-refractivity contribution is 0.199. The van der Waals surface area contributed by atoms with Crippen LogP contribution in [0, 0.1) is 0 Å². The Morgan fingerprint density at radius 2 is 2.05 bits per heavy atom. The average molecular weight is 326 g/mol. The fourth-order valence-electron chi connectivity index (χ4n) is 1.85. The van der Waals surface area contributed by atoms with Crippen LogP contribution in [0.15, 0.2) is 30.5 Å². The van der Waals surface area contributed by atoms with Gasteiger partial charge in [0.15, 0.2) is 0 Å². The summed E-state index contributed by atoms with van der Waals surface area (Å²) in [5, 5.41) is 4.36. The molecule has 1 aromatic carbocycles. The van der Waals surface area contributed by atoms with E-state index in [1.54, 1.807) is 19.4 Å². The minimum atomic E-state index is 0.548. The van der Waals surface area contributed by atoms with Gasteiger partial charge in [0, 0.05) is 32.8 Å². The molecular formula is C15H17Cl2N3O. The highest BCUT2D eigenvalue weighted by molar-refractivity contribution is 6.42. The smallest absolute Gasteiger partial charge is 0.132 e. The first kappa shape index (κ1) is 16.2. The number of nitrogens with one attached hydrogen (secondary N) is 1. The van der Waals surface area contributed by atoms with Crippen molar-refractivity contribution in [3.8, 4) is 0 Å². The molecule has 6 heteroatoms. The van der Waals surface area contributed by atoms with Crippen LogP contribution >= 0.6 is 23.2 Å². The number of aromatic nitrogens is 2. The van der Waals surface area contributed by atoms with Crippen LogP contribution in [0.2, 0.25) is 10.0 Å². The molecule has 0 amide bonds. The molecule has 0 aliphatic carbocycles. The molecule has 112 valence electrons. The van der Waals surface area contributed by atoms with Crippen LogP contribution in [-0.2, 0) is 17.7 Å². The Labute approximate surface area is 134 Å². The van der Waals surface area contributed by atoms with E-state index in [1.165, 1.54) is 0 Å². The summed E-state index contributed by atoms with van der Waals surface area (Å²) in [4.78, 5) is 8.82. The fraction of sp³-hybridized carbons (Fsp3) is 0.333. The molecule has 2 rings (SSSR count). The zero-order valence-corrected chi connectivity index (χ0v) is 13.3. The van der Waals surface area contributed by atoms with Gasteiger partial charge in [0.1, 0.15) is 5.82 Å². The molecule has 21 heavy (non-hydrogen) atoms. The Morgan fingerprint density at radius 1 is 1.19 bits per heavy atom. The first-order chi connectivity index (χ1) is 10.2. The summed E-state index contributed by atoms with van der Waals surface area (Å²) in [6.45, 7) is 2.17. The third-order valence-electron chi connectivity index (χ3n) is 2.90. The first-order valence-corrected chi connectivity index (χ1v) is 7.39. The highest BCUT2D eigenvalue weighted by Crippen LogP contribution is 2.23. The number of rotatable bonds is 7. The van der Waals surface area contributed by atoms with Gasteiger partial charge in [-0.2, -0.15) is 0 Å². The van der Waals surface area contributed by atoms with Crippen LogP contribution in [-0.4, -0.2) is 30.2 Å². The van der Waals surface area contributed by atoms with Crippen molar-refractivity contribution in [2.45, 2.75) is 13.0 Å². The molecule has 0 saturated carbocycles. The molecule has 0 aliphatic heterocycles. The zero-order chi connectivity index (χ0) is 15.1. The quantitative estimate of drug-likeness (QED) is 0.794. The van der Waals surface area contributed by atoms with Crippen molar-refractivity contribution >= 4 is 23.2 Å². The highest BCUT2D eigenvalue weighted by atomic mass is 35.5. The maximum absolute atomic E-state index is 6.01. The summed E-state index contributed by atoms with van der Waals surface area (Å²) in [6.07, 6.45) is 2.40. The second-order valence-corrected chi connectivity index (χ2v) is 5.37. The van der Waals surface area contributed by atoms with Gasteiger partial charge in [-0.05, 0) is 23.8 Å². The van der Waals surface area contributed by atoms with Crippen molar-refractivity contribution in [3.63, 3.8) is 0 Å². The number of hydrogen-bond donors (Lipinski definition) is 1. The molecule has 0 saturated heterocycles. The molecule has 0 aliphatic rings. The van der Waals surface area contributed by atoms with Gasteiger partial charge in [-0.3, -0.25) is 0 Å². The molecule has 4 nitrogen and oxygen atoms in total. The van der Waals surface area contributed by atoms with E-state index < -0.39 is 0 Å². The van der Waals surface area contributed by atoms with Crippen molar-refractivity contribution in [1.82, 2.24) is 15.3 Å². The normalized spacial score (nSPS) is 10.8. The monoisotopic (exact) mass is 325 g/mol. The Balaban J connectivity index is 1.98. The lowest BCUT2D eigenvalue weighted by Crippen LogP contribution is -2.19. The number of methoxy groups -OCH3 is 1. The van der Waals surface area contributed by atoms with E-state index in [2.05, 4.69) is 15.3 Å². The minimum Gasteiger partial charge on any atom is -0.383 e. The highest BCUT2D eigenvalue weighted by Gasteiger charge is 2.04. The van der Waals surface area contributed by atoms with Gasteiger partial charge in [-0.15, -0.1) is 0 Å². The molecule has 0 atom stereocenters. The van der Waals surface area contributed by atoms with Crippen molar-refractivity contribution in [2.75, 3.05) is 20.3 Å². The third kappa shape index (κ3) is 5.25. The molecule has 1 N–H and O–H groups in total. The van der Waals surface area contributed by atoms with Gasteiger partial charge in [0.05, 0.1) is 22.3 Å². The molecule has 2 aromatic rings. The standard InChI is InChI=1S/C15H17Cl2N3O/c1-21-7-6-18-10-12-4-5-19-15(20-12)9-11-2-3-13(16)14(17)8-11/h2-5,8,18H,6-7,9-10H2,1H3. The summed E-state index contributed by atoms with van der Waals surface area (Å²) < 4.78 is 4.98. The predicted octanol–water partition coefficient (Wildman–Crippen LogP) is 3.11. The van der Waals surface area contributed by atoms with Gasteiger partial charge < -0.3 is 10.1 Å². The molecule has 0 radical (unpaired) electrons. The van der Waals surface area contributed by atoms with Crippen molar-refractivity contribution < 1.29 is 4.74 Å². The molecule has 1 heterocycles. The summed E-state index contributed by atoms with van der Waals surface area (Å²) in [5.41, 5.74) is 1.99. The Kier molecular flexibility index (Phi) is 6.39. The van der Waals surface area contributed by atoms with Crippen LogP contribution in [0.3, 0.4) is 0 Å². The first-order valence-electron chi connectivity index (χ1n) is 6.63. The zero-order valence-electron chi connectivity index (χ0n) is 11.8. The van der Waals surface area contributed by atoms with E-state index >= 15 is 0 Å². The Hall–Kier alpha value is -1.20. The van der Waals surface area contributed by atoms with Crippen LogP contribution < -0.4 is 5.32 Å². The summed E-state index contributed by atoms with van der Waals surface area (Å²) >= 11 is 11.9. The maximum atomic E-state index is 6.01. The number of hydrogen-bond acceptors (Lipinski definition) is 4. The van der Waals surface area contributed by atoms with Crippen LogP contribution in [0.4, 0.5) is 0 Å². The van der Waals surface area contributed by atoms with Crippen molar-refractivity contribution in [1.29, 1.82) is 0 Å². The van der Waals surface area contributed by atoms with Crippen molar-refractivity contribution in [3.05, 3.63) is 57.6 Å². The Bertz CT molecular complexity index is 593. The average Bonchev–Trinajstić information content (AvgIpc) is 2.48. The van der Waals surface area contributed by atoms with Crippen LogP contribution in [0.5, 0.6) is 0 Å². The van der Waals surface area contributed by atoms with E-state index in [0.717, 1.165) is 23.6 Å². The molecule has 0 fully saturated rings. The summed E-state index contributed by atoms with van der Waals surface area (Å²) in [7, 11) is 1.68. The van der Waals surface area contributed by atoms with Crippen LogP contribution in [0.25, 0.3) is 0 Å². The van der Waals surface area contributed by atoms with E-state index in [0.29, 0.717) is 29.6 Å². The second-order valence-electron chi connectivity index (χ2n) is 4.56. The Morgan fingerprint density at radius 3 is 2.81 bits per heavy atom. The summed E-state index contributed by atoms with van der Waals surface area (Å²) in [5.74, 6) is 0.763. The maximum Gasteiger partial charge on any atom is 0.132 e. The minimum absolute atomic E-state index is 0.548. The van der Waals surface area contributed by atoms with Gasteiger partial charge >= 0.3 is 0 Å². The third-order valence-corrected chi connectivity index (χ3v) is 3.64. The van der Waals surface area contributed by atoms with E-state index in [1.807, 2.05) is 18.2 Å². The fourth-order valence-corrected chi connectivity index (χ4v) is 2.17. The SMILES string of the molecule is COCCNCc1ccnc(Cc2ccc(Cl)c(Cl)c2)n1. The number of nitrogens with zero attached hydrogens (tertiary/aromatic N) is 2. The lowest BCUT2D eigenvalue weighted by atomic mass is 10.1. The lowest BCUT2D eigenvalue weighted by Gasteiger charge is -2.06. The second kappa shape index (κ2) is 8.29. The van der Waals surface area contributed by atoms with Gasteiger partial charge in [0.2, 0.25) is 0 Å². The molecule has 0 bridgehead atoms. The van der Waals surface area contributed by atoms with Crippen LogP contribution in [0.1, 0.15) is 17.1 Å². The van der Waals surface area contributed by atoms with Gasteiger partial charge in [0.25, 0.3) is 0 Å². The van der Waals surface area contributed by atoms with E-state index in [4.69, 9.17) is 27.9 Å². The number of halogens is 2. The molecule has 0 unspecified atom stereocenters. The number of ether oxygens (including phenoxy) is 1. The summed E-state index contributed by atoms with van der Waals surface area (Å²) in [6, 6.07) is 7.46. The van der Waals surface area contributed by atoms with E-state index in [-0.39, 0.29) is 0 Å². The van der Waals surface area contributed by atoms with E-state index in [9.17, 15) is 0 Å². The molecular weight excluding hydrogens is 309 g/mol.